The molecule has 6 rings (SSSR count). The third-order valence-electron chi connectivity index (χ3n) is 6.58. The van der Waals surface area contributed by atoms with Crippen LogP contribution >= 0.6 is 11.6 Å². The molecule has 3 heterocycles. The van der Waals surface area contributed by atoms with Gasteiger partial charge < -0.3 is 14.6 Å². The van der Waals surface area contributed by atoms with E-state index in [2.05, 4.69) is 33.1 Å². The van der Waals surface area contributed by atoms with Crippen LogP contribution in [0.25, 0.3) is 28.1 Å². The van der Waals surface area contributed by atoms with Gasteiger partial charge >= 0.3 is 0 Å². The Labute approximate surface area is 214 Å². The van der Waals surface area contributed by atoms with Crippen molar-refractivity contribution in [3.63, 3.8) is 0 Å². The molecule has 7 heteroatoms. The summed E-state index contributed by atoms with van der Waals surface area (Å²) in [5.74, 6) is 0. The number of ether oxygens (including phenoxy) is 1. The first-order valence-electron chi connectivity index (χ1n) is 12.2. The molecule has 1 saturated heterocycles. The standard InChI is InChI=1S/C29H26ClN5O/c1-19-22(9-6-14-31-19)33-24-17-26-29(18-25(24)32-20-12-15-36-16-13-20)35(27-10-4-2-7-21(27)30)28-11-5-3-8-23(28)34-26/h2-11,14,17-18,20,33H,12-13,15-16H2,1H3. The predicted octanol–water partition coefficient (Wildman–Crippen LogP) is 6.31. The SMILES string of the molecule is Cc1ncccc1Nc1cc2nc3ccccc3n(-c3ccccc3Cl)c-2cc1=NC1CCOCC1. The van der Waals surface area contributed by atoms with Crippen LogP contribution in [0, 0.1) is 6.92 Å². The third-order valence-corrected chi connectivity index (χ3v) is 6.90. The summed E-state index contributed by atoms with van der Waals surface area (Å²) in [6.45, 7) is 3.46. The highest BCUT2D eigenvalue weighted by Crippen LogP contribution is 2.33. The van der Waals surface area contributed by atoms with Crippen LogP contribution in [0.2, 0.25) is 5.02 Å². The minimum Gasteiger partial charge on any atom is -0.381 e. The summed E-state index contributed by atoms with van der Waals surface area (Å²) < 4.78 is 7.76. The number of fused-ring (bicyclic) bond motifs is 2. The topological polar surface area (TPSA) is 64.3 Å². The summed E-state index contributed by atoms with van der Waals surface area (Å²) in [7, 11) is 0. The van der Waals surface area contributed by atoms with Gasteiger partial charge in [-0.15, -0.1) is 0 Å². The zero-order valence-corrected chi connectivity index (χ0v) is 20.7. The largest absolute Gasteiger partial charge is 0.381 e. The zero-order valence-electron chi connectivity index (χ0n) is 20.0. The Morgan fingerprint density at radius 2 is 1.78 bits per heavy atom. The van der Waals surface area contributed by atoms with Crippen molar-refractivity contribution < 1.29 is 4.74 Å². The molecule has 0 unspecified atom stereocenters. The van der Waals surface area contributed by atoms with Crippen LogP contribution in [0.5, 0.6) is 0 Å². The number of anilines is 2. The van der Waals surface area contributed by atoms with Crippen LogP contribution in [-0.4, -0.2) is 33.8 Å². The molecular formula is C29H26ClN5O. The number of aromatic nitrogens is 3. The van der Waals surface area contributed by atoms with E-state index in [9.17, 15) is 0 Å². The lowest BCUT2D eigenvalue weighted by Crippen LogP contribution is -2.23. The van der Waals surface area contributed by atoms with Crippen LogP contribution in [0.15, 0.2) is 84.0 Å². The molecule has 0 spiro atoms. The predicted molar refractivity (Wildman–Crippen MR) is 144 cm³/mol. The maximum absolute atomic E-state index is 6.71. The Hall–Kier alpha value is -3.74. The van der Waals surface area contributed by atoms with E-state index in [1.165, 1.54) is 0 Å². The average Bonchev–Trinajstić information content (AvgIpc) is 2.90. The average molecular weight is 496 g/mol. The molecule has 0 radical (unpaired) electrons. The molecule has 0 bridgehead atoms. The van der Waals surface area contributed by atoms with Crippen molar-refractivity contribution >= 4 is 34.0 Å². The van der Waals surface area contributed by atoms with Gasteiger partial charge in [-0.3, -0.25) is 9.98 Å². The van der Waals surface area contributed by atoms with Gasteiger partial charge in [-0.25, -0.2) is 4.98 Å². The van der Waals surface area contributed by atoms with E-state index in [-0.39, 0.29) is 6.04 Å². The van der Waals surface area contributed by atoms with E-state index in [0.29, 0.717) is 5.02 Å². The van der Waals surface area contributed by atoms with Crippen molar-refractivity contribution in [1.29, 1.82) is 0 Å². The number of halogens is 1. The maximum atomic E-state index is 6.71. The lowest BCUT2D eigenvalue weighted by Gasteiger charge is -2.22. The van der Waals surface area contributed by atoms with Gasteiger partial charge in [0.2, 0.25) is 0 Å². The second-order valence-electron chi connectivity index (χ2n) is 8.98. The summed E-state index contributed by atoms with van der Waals surface area (Å²) in [5, 5.41) is 5.14. The van der Waals surface area contributed by atoms with Crippen LogP contribution in [0.1, 0.15) is 18.5 Å². The van der Waals surface area contributed by atoms with Crippen molar-refractivity contribution in [3.8, 4) is 17.1 Å². The number of hydrogen-bond donors (Lipinski definition) is 1. The van der Waals surface area contributed by atoms with Crippen molar-refractivity contribution in [2.45, 2.75) is 25.8 Å². The molecule has 1 aliphatic carbocycles. The Morgan fingerprint density at radius 3 is 2.61 bits per heavy atom. The summed E-state index contributed by atoms with van der Waals surface area (Å²) in [6, 6.07) is 24.4. The summed E-state index contributed by atoms with van der Waals surface area (Å²) >= 11 is 6.71. The van der Waals surface area contributed by atoms with Gasteiger partial charge in [-0.1, -0.05) is 35.9 Å². The lowest BCUT2D eigenvalue weighted by atomic mass is 10.1. The van der Waals surface area contributed by atoms with E-state index in [1.807, 2.05) is 61.5 Å². The highest BCUT2D eigenvalue weighted by molar-refractivity contribution is 6.32. The minimum absolute atomic E-state index is 0.203. The fourth-order valence-electron chi connectivity index (χ4n) is 4.71. The van der Waals surface area contributed by atoms with Crippen molar-refractivity contribution in [3.05, 3.63) is 95.1 Å². The minimum atomic E-state index is 0.203. The number of rotatable bonds is 4. The number of pyridine rings is 1. The molecule has 1 aromatic heterocycles. The van der Waals surface area contributed by atoms with Crippen LogP contribution in [0.3, 0.4) is 0 Å². The fraction of sp³-hybridized carbons (Fsp3) is 0.207. The van der Waals surface area contributed by atoms with E-state index in [1.54, 1.807) is 6.20 Å². The van der Waals surface area contributed by atoms with E-state index in [4.69, 9.17) is 26.3 Å². The third kappa shape index (κ3) is 4.34. The van der Waals surface area contributed by atoms with E-state index in [0.717, 1.165) is 76.6 Å². The summed E-state index contributed by atoms with van der Waals surface area (Å²) in [6.07, 6.45) is 3.61. The van der Waals surface area contributed by atoms with Crippen LogP contribution in [-0.2, 0) is 4.74 Å². The first-order chi connectivity index (χ1) is 17.7. The first kappa shape index (κ1) is 22.7. The number of para-hydroxylation sites is 3. The quantitative estimate of drug-likeness (QED) is 0.297. The fourth-order valence-corrected chi connectivity index (χ4v) is 4.93. The van der Waals surface area contributed by atoms with Crippen molar-refractivity contribution in [1.82, 2.24) is 14.5 Å². The van der Waals surface area contributed by atoms with Crippen molar-refractivity contribution in [2.75, 3.05) is 18.5 Å². The van der Waals surface area contributed by atoms with Gasteiger partial charge in [0.15, 0.2) is 0 Å². The van der Waals surface area contributed by atoms with Gasteiger partial charge in [0.05, 0.1) is 61.6 Å². The lowest BCUT2D eigenvalue weighted by molar-refractivity contribution is 0.0864. The molecule has 180 valence electrons. The molecule has 1 N–H and O–H groups in total. The van der Waals surface area contributed by atoms with Gasteiger partial charge in [0.1, 0.15) is 0 Å². The summed E-state index contributed by atoms with van der Waals surface area (Å²) in [4.78, 5) is 14.7. The second-order valence-corrected chi connectivity index (χ2v) is 9.39. The van der Waals surface area contributed by atoms with E-state index >= 15 is 0 Å². The van der Waals surface area contributed by atoms with Gasteiger partial charge in [0.25, 0.3) is 0 Å². The highest BCUT2D eigenvalue weighted by Gasteiger charge is 2.19. The van der Waals surface area contributed by atoms with Gasteiger partial charge in [-0.2, -0.15) is 0 Å². The number of nitrogens with one attached hydrogen (secondary N) is 1. The molecule has 3 aliphatic rings. The second kappa shape index (κ2) is 9.72. The van der Waals surface area contributed by atoms with Crippen LogP contribution in [0.4, 0.5) is 11.4 Å². The normalized spacial score (nSPS) is 15.0. The van der Waals surface area contributed by atoms with Crippen LogP contribution < -0.4 is 10.7 Å². The Balaban J connectivity index is 1.65. The zero-order chi connectivity index (χ0) is 24.5. The maximum Gasteiger partial charge on any atom is 0.0900 e. The molecule has 0 amide bonds. The monoisotopic (exact) mass is 495 g/mol. The first-order valence-corrected chi connectivity index (χ1v) is 12.6. The summed E-state index contributed by atoms with van der Waals surface area (Å²) in [5.41, 5.74) is 7.35. The molecule has 2 aliphatic heterocycles. The molecule has 6 nitrogen and oxygen atoms in total. The number of aryl methyl sites for hydroxylation is 1. The van der Waals surface area contributed by atoms with E-state index < -0.39 is 0 Å². The molecule has 0 saturated carbocycles. The van der Waals surface area contributed by atoms with Gasteiger partial charge in [-0.05, 0) is 68.3 Å². The Morgan fingerprint density at radius 1 is 0.972 bits per heavy atom. The molecular weight excluding hydrogens is 470 g/mol. The van der Waals surface area contributed by atoms with Gasteiger partial charge in [0, 0.05) is 19.4 Å². The Bertz CT molecular complexity index is 1590. The highest BCUT2D eigenvalue weighted by atomic mass is 35.5. The molecule has 0 atom stereocenters. The smallest absolute Gasteiger partial charge is 0.0900 e. The Kier molecular flexibility index (Phi) is 6.13. The van der Waals surface area contributed by atoms with Crippen molar-refractivity contribution in [2.24, 2.45) is 4.99 Å². The molecule has 2 aromatic carbocycles. The molecule has 3 aromatic rings. The number of hydrogen-bond acceptors (Lipinski definition) is 5. The number of benzene rings is 3. The molecule has 1 fully saturated rings. The number of nitrogens with zero attached hydrogens (tertiary/aromatic N) is 4. The molecule has 36 heavy (non-hydrogen) atoms.